The molecule has 6 nitrogen and oxygen atoms in total. The molecule has 0 spiro atoms. The van der Waals surface area contributed by atoms with E-state index in [0.717, 1.165) is 0 Å². The monoisotopic (exact) mass is 260 g/mol. The van der Waals surface area contributed by atoms with Crippen LogP contribution in [0.1, 0.15) is 0 Å². The van der Waals surface area contributed by atoms with Crippen molar-refractivity contribution in [3.05, 3.63) is 33.3 Å². The van der Waals surface area contributed by atoms with Crippen LogP contribution in [0.3, 0.4) is 0 Å². The van der Waals surface area contributed by atoms with Crippen LogP contribution in [0.25, 0.3) is 0 Å². The molecule has 94 valence electrons. The fourth-order valence-electron chi connectivity index (χ4n) is 1.45. The fourth-order valence-corrected chi connectivity index (χ4v) is 1.64. The van der Waals surface area contributed by atoms with Crippen molar-refractivity contribution in [3.63, 3.8) is 0 Å². The van der Waals surface area contributed by atoms with Gasteiger partial charge in [0.1, 0.15) is 5.02 Å². The lowest BCUT2D eigenvalue weighted by atomic mass is 10.2. The minimum absolute atomic E-state index is 0.0618. The molecule has 0 saturated carbocycles. The Labute approximate surface area is 103 Å². The highest BCUT2D eigenvalue weighted by Gasteiger charge is 2.15. The van der Waals surface area contributed by atoms with Crippen LogP contribution < -0.4 is 4.90 Å². The third-order valence-corrected chi connectivity index (χ3v) is 2.55. The van der Waals surface area contributed by atoms with Crippen LogP contribution in [0, 0.1) is 10.1 Å². The summed E-state index contributed by atoms with van der Waals surface area (Å²) >= 11 is 5.69. The van der Waals surface area contributed by atoms with Crippen molar-refractivity contribution in [1.29, 1.82) is 0 Å². The van der Waals surface area contributed by atoms with Crippen molar-refractivity contribution in [1.82, 2.24) is 0 Å². The molecule has 0 aliphatic carbocycles. The van der Waals surface area contributed by atoms with Crippen LogP contribution in [-0.2, 0) is 0 Å². The number of hydrogen-bond donors (Lipinski definition) is 2. The molecule has 0 amide bonds. The zero-order valence-electron chi connectivity index (χ0n) is 9.04. The lowest BCUT2D eigenvalue weighted by molar-refractivity contribution is -0.384. The van der Waals surface area contributed by atoms with Crippen molar-refractivity contribution < 1.29 is 15.1 Å². The van der Waals surface area contributed by atoms with Gasteiger partial charge >= 0.3 is 0 Å². The maximum Gasteiger partial charge on any atom is 0.289 e. The molecule has 0 unspecified atom stereocenters. The molecule has 0 fully saturated rings. The van der Waals surface area contributed by atoms with E-state index in [9.17, 15) is 10.1 Å². The van der Waals surface area contributed by atoms with Gasteiger partial charge in [-0.15, -0.1) is 0 Å². The molecule has 0 heterocycles. The SMILES string of the molecule is O=[N+]([O-])c1cc(N(CCO)CCO)ccc1Cl. The summed E-state index contributed by atoms with van der Waals surface area (Å²) in [6, 6.07) is 4.37. The molecule has 0 bridgehead atoms. The summed E-state index contributed by atoms with van der Waals surface area (Å²) in [6.07, 6.45) is 0. The molecule has 0 aromatic heterocycles. The number of aliphatic hydroxyl groups excluding tert-OH is 2. The van der Waals surface area contributed by atoms with Gasteiger partial charge in [0, 0.05) is 24.8 Å². The van der Waals surface area contributed by atoms with Crippen LogP contribution in [0.2, 0.25) is 5.02 Å². The van der Waals surface area contributed by atoms with E-state index < -0.39 is 4.92 Å². The Hall–Kier alpha value is -1.37. The molecule has 0 saturated heterocycles. The van der Waals surface area contributed by atoms with Crippen molar-refractivity contribution >= 4 is 23.0 Å². The van der Waals surface area contributed by atoms with E-state index >= 15 is 0 Å². The van der Waals surface area contributed by atoms with E-state index in [1.807, 2.05) is 0 Å². The minimum atomic E-state index is -0.568. The van der Waals surface area contributed by atoms with Gasteiger partial charge < -0.3 is 15.1 Å². The van der Waals surface area contributed by atoms with Gasteiger partial charge in [-0.3, -0.25) is 10.1 Å². The van der Waals surface area contributed by atoms with Crippen molar-refractivity contribution in [2.24, 2.45) is 0 Å². The Morgan fingerprint density at radius 1 is 1.29 bits per heavy atom. The van der Waals surface area contributed by atoms with Crippen molar-refractivity contribution in [3.8, 4) is 0 Å². The summed E-state index contributed by atoms with van der Waals surface area (Å²) < 4.78 is 0. The van der Waals surface area contributed by atoms with Gasteiger partial charge in [-0.25, -0.2) is 0 Å². The molecular weight excluding hydrogens is 248 g/mol. The quantitative estimate of drug-likeness (QED) is 0.589. The maximum absolute atomic E-state index is 10.7. The van der Waals surface area contributed by atoms with Gasteiger partial charge in [-0.1, -0.05) is 11.6 Å². The van der Waals surface area contributed by atoms with E-state index in [1.54, 1.807) is 11.0 Å². The second-order valence-electron chi connectivity index (χ2n) is 3.33. The predicted molar refractivity (Wildman–Crippen MR) is 64.5 cm³/mol. The summed E-state index contributed by atoms with van der Waals surface area (Å²) in [5, 5.41) is 28.5. The number of rotatable bonds is 6. The van der Waals surface area contributed by atoms with Gasteiger partial charge in [0.05, 0.1) is 18.1 Å². The molecule has 0 radical (unpaired) electrons. The van der Waals surface area contributed by atoms with Gasteiger partial charge in [-0.2, -0.15) is 0 Å². The van der Waals surface area contributed by atoms with Crippen molar-refractivity contribution in [2.75, 3.05) is 31.2 Å². The highest BCUT2D eigenvalue weighted by atomic mass is 35.5. The average Bonchev–Trinajstić information content (AvgIpc) is 2.29. The third kappa shape index (κ3) is 3.55. The lowest BCUT2D eigenvalue weighted by Crippen LogP contribution is -2.29. The zero-order chi connectivity index (χ0) is 12.8. The van der Waals surface area contributed by atoms with E-state index in [1.165, 1.54) is 12.1 Å². The zero-order valence-corrected chi connectivity index (χ0v) is 9.80. The Morgan fingerprint density at radius 3 is 2.35 bits per heavy atom. The van der Waals surface area contributed by atoms with E-state index in [-0.39, 0.29) is 23.9 Å². The number of benzene rings is 1. The van der Waals surface area contributed by atoms with Crippen molar-refractivity contribution in [2.45, 2.75) is 0 Å². The Bertz CT molecular complexity index is 394. The molecule has 17 heavy (non-hydrogen) atoms. The summed E-state index contributed by atoms with van der Waals surface area (Å²) in [6.45, 7) is 0.380. The van der Waals surface area contributed by atoms with E-state index in [4.69, 9.17) is 21.8 Å². The van der Waals surface area contributed by atoms with Gasteiger partial charge in [-0.05, 0) is 12.1 Å². The molecular formula is C10H13ClN2O4. The number of aliphatic hydroxyl groups is 2. The Kier molecular flexibility index (Phi) is 5.14. The summed E-state index contributed by atoms with van der Waals surface area (Å²) in [7, 11) is 0. The Morgan fingerprint density at radius 2 is 1.88 bits per heavy atom. The first-order chi connectivity index (χ1) is 8.10. The summed E-state index contributed by atoms with van der Waals surface area (Å²) in [5.74, 6) is 0. The molecule has 1 aromatic carbocycles. The number of hydrogen-bond acceptors (Lipinski definition) is 5. The summed E-state index contributed by atoms with van der Waals surface area (Å²) in [5.41, 5.74) is 0.356. The van der Waals surface area contributed by atoms with Gasteiger partial charge in [0.25, 0.3) is 5.69 Å². The lowest BCUT2D eigenvalue weighted by Gasteiger charge is -2.22. The second kappa shape index (κ2) is 6.39. The molecule has 7 heteroatoms. The minimum Gasteiger partial charge on any atom is -0.395 e. The second-order valence-corrected chi connectivity index (χ2v) is 3.73. The molecule has 1 rings (SSSR count). The molecule has 0 atom stereocenters. The fraction of sp³-hybridized carbons (Fsp3) is 0.400. The molecule has 0 aliphatic rings. The third-order valence-electron chi connectivity index (χ3n) is 2.23. The Balaban J connectivity index is 3.03. The topological polar surface area (TPSA) is 86.8 Å². The largest absolute Gasteiger partial charge is 0.395 e. The predicted octanol–water partition coefficient (Wildman–Crippen LogP) is 1.04. The number of nitrogens with zero attached hydrogens (tertiary/aromatic N) is 2. The highest BCUT2D eigenvalue weighted by molar-refractivity contribution is 6.32. The highest BCUT2D eigenvalue weighted by Crippen LogP contribution is 2.29. The molecule has 2 N–H and O–H groups in total. The standard InChI is InChI=1S/C10H13ClN2O4/c11-9-2-1-8(7-10(9)13(16)17)12(3-5-14)4-6-15/h1-2,7,14-15H,3-6H2. The number of anilines is 1. The van der Waals surface area contributed by atoms with Crippen LogP contribution in [-0.4, -0.2) is 41.4 Å². The van der Waals surface area contributed by atoms with Crippen LogP contribution in [0.4, 0.5) is 11.4 Å². The van der Waals surface area contributed by atoms with Crippen LogP contribution >= 0.6 is 11.6 Å². The molecule has 0 aliphatic heterocycles. The first kappa shape index (κ1) is 13.7. The number of nitro benzene ring substituents is 1. The van der Waals surface area contributed by atoms with E-state index in [0.29, 0.717) is 18.8 Å². The first-order valence-corrected chi connectivity index (χ1v) is 5.38. The van der Waals surface area contributed by atoms with Crippen LogP contribution in [0.5, 0.6) is 0 Å². The number of nitro groups is 1. The average molecular weight is 261 g/mol. The normalized spacial score (nSPS) is 10.3. The van der Waals surface area contributed by atoms with Gasteiger partial charge in [0.15, 0.2) is 0 Å². The smallest absolute Gasteiger partial charge is 0.289 e. The van der Waals surface area contributed by atoms with E-state index in [2.05, 4.69) is 0 Å². The first-order valence-electron chi connectivity index (χ1n) is 5.00. The summed E-state index contributed by atoms with van der Waals surface area (Å²) in [4.78, 5) is 11.8. The maximum atomic E-state index is 10.7. The van der Waals surface area contributed by atoms with Crippen LogP contribution in [0.15, 0.2) is 18.2 Å². The van der Waals surface area contributed by atoms with Gasteiger partial charge in [0.2, 0.25) is 0 Å². The number of halogens is 1. The molecule has 1 aromatic rings.